The highest BCUT2D eigenvalue weighted by molar-refractivity contribution is 7.92. The third-order valence-corrected chi connectivity index (χ3v) is 12.6. The number of amides is 3. The highest BCUT2D eigenvalue weighted by atomic mass is 35.5. The Kier molecular flexibility index (Phi) is 11.0. The predicted octanol–water partition coefficient (Wildman–Crippen LogP) is 7.32. The van der Waals surface area contributed by atoms with Gasteiger partial charge in [0.1, 0.15) is 15.7 Å². The molecule has 9 nitrogen and oxygen atoms in total. The number of anilines is 1. The van der Waals surface area contributed by atoms with Crippen LogP contribution in [0.15, 0.2) is 52.9 Å². The first-order valence-electron chi connectivity index (χ1n) is 17.4. The maximum Gasteiger partial charge on any atom is 0.327 e. The van der Waals surface area contributed by atoms with Crippen LogP contribution >= 0.6 is 11.6 Å². The number of carbonyl (C=O) groups excluding carboxylic acids is 2. The zero-order valence-corrected chi connectivity index (χ0v) is 29.9. The van der Waals surface area contributed by atoms with Crippen molar-refractivity contribution in [2.24, 2.45) is 28.0 Å². The Morgan fingerprint density at radius 2 is 1.92 bits per heavy atom. The molecule has 2 heterocycles. The molecule has 2 fully saturated rings. The van der Waals surface area contributed by atoms with Crippen LogP contribution in [0.25, 0.3) is 0 Å². The number of carbonyl (C=O) groups is 2. The Bertz CT molecular complexity index is 1650. The zero-order chi connectivity index (χ0) is 33.8. The first-order valence-corrected chi connectivity index (χ1v) is 19.5. The molecule has 0 saturated heterocycles. The van der Waals surface area contributed by atoms with Gasteiger partial charge in [0.05, 0.1) is 24.2 Å². The van der Waals surface area contributed by atoms with Gasteiger partial charge in [-0.25, -0.2) is 9.00 Å². The molecule has 6 rings (SSSR count). The third-order valence-electron chi connectivity index (χ3n) is 10.4. The van der Waals surface area contributed by atoms with Crippen LogP contribution in [0.5, 0.6) is 5.75 Å². The Balaban J connectivity index is 1.41. The molecule has 4 aliphatic rings. The van der Waals surface area contributed by atoms with Gasteiger partial charge in [0, 0.05) is 36.8 Å². The number of hydrogen-bond acceptors (Lipinski definition) is 6. The molecule has 2 aromatic carbocycles. The summed E-state index contributed by atoms with van der Waals surface area (Å²) in [5.74, 6) is 1.26. The summed E-state index contributed by atoms with van der Waals surface area (Å²) in [6.07, 6.45) is 11.4. The number of aryl methyl sites for hydroxylation is 1. The molecule has 2 bridgehead atoms. The second-order valence-corrected chi connectivity index (χ2v) is 16.7. The van der Waals surface area contributed by atoms with Gasteiger partial charge in [0.25, 0.3) is 5.91 Å². The van der Waals surface area contributed by atoms with E-state index in [1.165, 1.54) is 11.1 Å². The molecule has 48 heavy (non-hydrogen) atoms. The van der Waals surface area contributed by atoms with Crippen molar-refractivity contribution in [2.45, 2.75) is 83.9 Å². The molecule has 2 aliphatic carbocycles. The van der Waals surface area contributed by atoms with Gasteiger partial charge >= 0.3 is 6.03 Å². The van der Waals surface area contributed by atoms with E-state index in [0.29, 0.717) is 48.6 Å². The lowest BCUT2D eigenvalue weighted by molar-refractivity contribution is 0.0133. The standard InChI is InChI=1S/C37H49ClN4O5S/c1-24-7-6-9-34(46-3)32-14-11-29(32)22-42-21-28-10-13-30(38)19-26(28)8-4-5-16-47-35-15-12-27(20-33(35)42)36(43)40-48(45,23-24)41-37(44)39-31-17-25(2)18-31/h6,9-10,12-13,15,19-20,24-25,29,31-32,34H,4-5,7-8,11,14,16-18,21-23H2,1-3H3,(H2,39,40,41,43,44,45)/b9-6+/t24-,25-,29-,31+,32+,34-,48?/m0/s1. The summed E-state index contributed by atoms with van der Waals surface area (Å²) in [5, 5.41) is 3.63. The van der Waals surface area contributed by atoms with Gasteiger partial charge in [-0.15, -0.1) is 4.36 Å². The number of allylic oxidation sites excluding steroid dienone is 1. The Hall–Kier alpha value is -3.08. The van der Waals surface area contributed by atoms with Crippen molar-refractivity contribution in [1.29, 1.82) is 0 Å². The molecule has 2 N–H and O–H groups in total. The van der Waals surface area contributed by atoms with Crippen LogP contribution in [-0.4, -0.2) is 54.3 Å². The van der Waals surface area contributed by atoms with Crippen LogP contribution in [0.4, 0.5) is 10.5 Å². The van der Waals surface area contributed by atoms with Crippen LogP contribution in [0.2, 0.25) is 5.02 Å². The number of methoxy groups -OCH3 is 1. The Labute approximate surface area is 290 Å². The fourth-order valence-corrected chi connectivity index (χ4v) is 9.58. The van der Waals surface area contributed by atoms with Gasteiger partial charge < -0.3 is 19.7 Å². The number of benzene rings is 2. The molecule has 0 radical (unpaired) electrons. The number of rotatable bonds is 3. The van der Waals surface area contributed by atoms with Crippen molar-refractivity contribution in [3.63, 3.8) is 0 Å². The molecular weight excluding hydrogens is 648 g/mol. The van der Waals surface area contributed by atoms with Gasteiger partial charge in [0.2, 0.25) is 0 Å². The van der Waals surface area contributed by atoms with Crippen molar-refractivity contribution < 1.29 is 23.3 Å². The van der Waals surface area contributed by atoms with Crippen molar-refractivity contribution in [3.05, 3.63) is 70.3 Å². The molecule has 2 aliphatic heterocycles. The van der Waals surface area contributed by atoms with Crippen molar-refractivity contribution in [3.8, 4) is 5.75 Å². The Morgan fingerprint density at radius 1 is 1.08 bits per heavy atom. The number of fused-ring (bicyclic) bond motifs is 3. The summed E-state index contributed by atoms with van der Waals surface area (Å²) in [4.78, 5) is 29.2. The van der Waals surface area contributed by atoms with Crippen LogP contribution < -0.4 is 19.7 Å². The van der Waals surface area contributed by atoms with Crippen molar-refractivity contribution in [2.75, 3.05) is 30.9 Å². The lowest BCUT2D eigenvalue weighted by Crippen LogP contribution is -2.49. The second kappa shape index (κ2) is 15.2. The molecule has 2 saturated carbocycles. The van der Waals surface area contributed by atoms with E-state index in [-0.39, 0.29) is 23.8 Å². The maximum absolute atomic E-state index is 14.4. The van der Waals surface area contributed by atoms with E-state index in [1.807, 2.05) is 25.1 Å². The molecule has 0 spiro atoms. The minimum Gasteiger partial charge on any atom is -0.491 e. The van der Waals surface area contributed by atoms with E-state index >= 15 is 0 Å². The van der Waals surface area contributed by atoms with Crippen LogP contribution in [-0.2, 0) is 27.6 Å². The van der Waals surface area contributed by atoms with Gasteiger partial charge in [-0.3, -0.25) is 9.52 Å². The summed E-state index contributed by atoms with van der Waals surface area (Å²) >= 11 is 6.45. The largest absolute Gasteiger partial charge is 0.491 e. The quantitative estimate of drug-likeness (QED) is 0.326. The molecule has 2 aromatic rings. The smallest absolute Gasteiger partial charge is 0.327 e. The summed E-state index contributed by atoms with van der Waals surface area (Å²) in [7, 11) is -1.69. The normalized spacial score (nSPS) is 31.6. The van der Waals surface area contributed by atoms with E-state index in [0.717, 1.165) is 62.2 Å². The zero-order valence-electron chi connectivity index (χ0n) is 28.3. The van der Waals surface area contributed by atoms with Gasteiger partial charge in [-0.05, 0) is 116 Å². The fourth-order valence-electron chi connectivity index (χ4n) is 7.55. The molecule has 1 unspecified atom stereocenters. The molecular formula is C37H49ClN4O5S. The SMILES string of the molecule is CO[C@H]1/C=C/C[C@H](C)CS(=O)(NC(=O)N[C@H]2C[C@@H](C)C2)=NC(=O)c2ccc3c(c2)N(Cc2ccc(Cl)cc2CCCCO3)C[C@@H]2CC[C@H]21. The minimum atomic E-state index is -3.45. The van der Waals surface area contributed by atoms with E-state index < -0.39 is 21.9 Å². The number of hydrogen-bond donors (Lipinski definition) is 2. The van der Waals surface area contributed by atoms with Gasteiger partial charge in [-0.1, -0.05) is 43.7 Å². The van der Waals surface area contributed by atoms with Gasteiger partial charge in [0.15, 0.2) is 0 Å². The first-order chi connectivity index (χ1) is 23.1. The molecule has 5 atom stereocenters. The van der Waals surface area contributed by atoms with Crippen molar-refractivity contribution >= 4 is 39.1 Å². The van der Waals surface area contributed by atoms with E-state index in [1.54, 1.807) is 13.2 Å². The second-order valence-electron chi connectivity index (χ2n) is 14.3. The maximum atomic E-state index is 14.4. The van der Waals surface area contributed by atoms with E-state index in [2.05, 4.69) is 50.5 Å². The molecule has 0 aromatic heterocycles. The molecule has 11 heteroatoms. The Morgan fingerprint density at radius 3 is 2.67 bits per heavy atom. The molecule has 260 valence electrons. The number of halogens is 1. The fraction of sp³-hybridized carbons (Fsp3) is 0.568. The molecule has 3 amide bonds. The predicted molar refractivity (Wildman–Crippen MR) is 191 cm³/mol. The lowest BCUT2D eigenvalue weighted by Gasteiger charge is -2.43. The summed E-state index contributed by atoms with van der Waals surface area (Å²) in [6.45, 7) is 6.01. The van der Waals surface area contributed by atoms with Crippen molar-refractivity contribution in [1.82, 2.24) is 10.0 Å². The number of nitrogens with one attached hydrogen (secondary N) is 2. The van der Waals surface area contributed by atoms with Crippen LogP contribution in [0, 0.1) is 23.7 Å². The summed E-state index contributed by atoms with van der Waals surface area (Å²) < 4.78 is 33.6. The van der Waals surface area contributed by atoms with E-state index in [4.69, 9.17) is 21.1 Å². The average molecular weight is 697 g/mol. The average Bonchev–Trinajstić information content (AvgIpc) is 3.04. The van der Waals surface area contributed by atoms with Crippen LogP contribution in [0.3, 0.4) is 0 Å². The monoisotopic (exact) mass is 696 g/mol. The topological polar surface area (TPSA) is 109 Å². The first kappa shape index (κ1) is 34.8. The highest BCUT2D eigenvalue weighted by Crippen LogP contribution is 2.42. The number of urea groups is 1. The lowest BCUT2D eigenvalue weighted by atomic mass is 9.70. The van der Waals surface area contributed by atoms with Gasteiger partial charge in [-0.2, -0.15) is 0 Å². The number of nitrogens with zero attached hydrogens (tertiary/aromatic N) is 2. The highest BCUT2D eigenvalue weighted by Gasteiger charge is 2.38. The third kappa shape index (κ3) is 8.37. The minimum absolute atomic E-state index is 0.0323. The number of ether oxygens (including phenoxy) is 2. The van der Waals surface area contributed by atoms with E-state index in [9.17, 15) is 13.8 Å². The van der Waals surface area contributed by atoms with Crippen LogP contribution in [0.1, 0.15) is 80.3 Å². The summed E-state index contributed by atoms with van der Waals surface area (Å²) in [5.41, 5.74) is 3.51. The summed E-state index contributed by atoms with van der Waals surface area (Å²) in [6, 6.07) is 10.9.